The fraction of sp³-hybridized carbons (Fsp3) is 0.111. The maximum atomic E-state index is 12.5. The highest BCUT2D eigenvalue weighted by atomic mass is 35.5. The van der Waals surface area contributed by atoms with Crippen LogP contribution in [0.15, 0.2) is 47.4 Å². The smallest absolute Gasteiger partial charge is 0.268 e. The van der Waals surface area contributed by atoms with Gasteiger partial charge in [-0.1, -0.05) is 65.2 Å². The Bertz CT molecular complexity index is 864. The largest absolute Gasteiger partial charge is 0.293 e. The van der Waals surface area contributed by atoms with Gasteiger partial charge < -0.3 is 0 Å². The maximum Gasteiger partial charge on any atom is 0.293 e. The van der Waals surface area contributed by atoms with Gasteiger partial charge in [-0.25, -0.2) is 0 Å². The number of benzene rings is 2. The molecular weight excluding hydrogens is 365 g/mol. The Balaban J connectivity index is 1.86. The lowest BCUT2D eigenvalue weighted by molar-refractivity contribution is -0.123. The number of rotatable bonds is 3. The summed E-state index contributed by atoms with van der Waals surface area (Å²) < 4.78 is 0. The first-order valence-corrected chi connectivity index (χ1v) is 8.78. The number of nitrogens with zero attached hydrogens (tertiary/aromatic N) is 1. The van der Waals surface area contributed by atoms with Gasteiger partial charge in [-0.05, 0) is 42.0 Å². The van der Waals surface area contributed by atoms with Crippen LogP contribution in [0.1, 0.15) is 16.7 Å². The molecule has 24 heavy (non-hydrogen) atoms. The van der Waals surface area contributed by atoms with E-state index in [1.165, 1.54) is 4.90 Å². The van der Waals surface area contributed by atoms with E-state index >= 15 is 0 Å². The van der Waals surface area contributed by atoms with Crippen LogP contribution in [0, 0.1) is 6.92 Å². The zero-order valence-corrected chi connectivity index (χ0v) is 15.1. The normalized spacial score (nSPS) is 16.3. The average molecular weight is 378 g/mol. The number of hydrogen-bond donors (Lipinski definition) is 0. The van der Waals surface area contributed by atoms with Crippen molar-refractivity contribution in [2.45, 2.75) is 13.5 Å². The fourth-order valence-corrected chi connectivity index (χ4v) is 3.59. The quantitative estimate of drug-likeness (QED) is 0.659. The highest BCUT2D eigenvalue weighted by Crippen LogP contribution is 2.35. The Labute approximate surface area is 154 Å². The van der Waals surface area contributed by atoms with E-state index in [0.29, 0.717) is 20.5 Å². The molecule has 0 atom stereocenters. The molecular formula is C18H13Cl2NO2S. The van der Waals surface area contributed by atoms with Crippen molar-refractivity contribution in [1.29, 1.82) is 0 Å². The number of halogens is 2. The van der Waals surface area contributed by atoms with Crippen molar-refractivity contribution < 1.29 is 9.59 Å². The predicted octanol–water partition coefficient (Wildman–Crippen LogP) is 5.54. The van der Waals surface area contributed by atoms with Gasteiger partial charge in [-0.3, -0.25) is 14.5 Å². The summed E-state index contributed by atoms with van der Waals surface area (Å²) in [7, 11) is 0. The van der Waals surface area contributed by atoms with E-state index in [9.17, 15) is 9.59 Å². The van der Waals surface area contributed by atoms with Gasteiger partial charge >= 0.3 is 0 Å². The summed E-state index contributed by atoms with van der Waals surface area (Å²) in [6.45, 7) is 2.23. The Morgan fingerprint density at radius 1 is 1.12 bits per heavy atom. The van der Waals surface area contributed by atoms with Crippen LogP contribution in [0.25, 0.3) is 6.08 Å². The molecule has 0 saturated carbocycles. The van der Waals surface area contributed by atoms with Crippen molar-refractivity contribution in [1.82, 2.24) is 4.90 Å². The monoisotopic (exact) mass is 377 g/mol. The Hall–Kier alpha value is -1.75. The van der Waals surface area contributed by atoms with E-state index in [1.54, 1.807) is 24.3 Å². The average Bonchev–Trinajstić information content (AvgIpc) is 2.79. The summed E-state index contributed by atoms with van der Waals surface area (Å²) >= 11 is 13.0. The number of aryl methyl sites for hydroxylation is 1. The highest BCUT2D eigenvalue weighted by molar-refractivity contribution is 8.18. The van der Waals surface area contributed by atoms with Crippen LogP contribution >= 0.6 is 35.0 Å². The molecule has 0 unspecified atom stereocenters. The molecule has 122 valence electrons. The van der Waals surface area contributed by atoms with Crippen molar-refractivity contribution in [2.24, 2.45) is 0 Å². The fourth-order valence-electron chi connectivity index (χ4n) is 2.40. The van der Waals surface area contributed by atoms with E-state index in [1.807, 2.05) is 31.2 Å². The van der Waals surface area contributed by atoms with Gasteiger partial charge in [0.05, 0.1) is 21.5 Å². The lowest BCUT2D eigenvalue weighted by Crippen LogP contribution is -2.27. The van der Waals surface area contributed by atoms with Crippen LogP contribution in [0.3, 0.4) is 0 Å². The first-order valence-electron chi connectivity index (χ1n) is 7.20. The second-order valence-electron chi connectivity index (χ2n) is 5.40. The third-order valence-corrected chi connectivity index (χ3v) is 5.31. The minimum atomic E-state index is -0.317. The van der Waals surface area contributed by atoms with Gasteiger partial charge in [0.2, 0.25) is 0 Å². The van der Waals surface area contributed by atoms with Crippen LogP contribution in [-0.4, -0.2) is 16.0 Å². The molecule has 0 aromatic heterocycles. The molecule has 1 aliphatic heterocycles. The second-order valence-corrected chi connectivity index (χ2v) is 7.18. The molecule has 3 rings (SSSR count). The minimum Gasteiger partial charge on any atom is -0.268 e. The Morgan fingerprint density at radius 3 is 2.62 bits per heavy atom. The predicted molar refractivity (Wildman–Crippen MR) is 99.2 cm³/mol. The molecule has 0 radical (unpaired) electrons. The van der Waals surface area contributed by atoms with E-state index in [0.717, 1.165) is 22.9 Å². The molecule has 2 aromatic rings. The van der Waals surface area contributed by atoms with Crippen LogP contribution in [-0.2, 0) is 11.3 Å². The maximum absolute atomic E-state index is 12.5. The van der Waals surface area contributed by atoms with Crippen LogP contribution < -0.4 is 0 Å². The van der Waals surface area contributed by atoms with Crippen LogP contribution in [0.4, 0.5) is 4.79 Å². The minimum absolute atomic E-state index is 0.257. The van der Waals surface area contributed by atoms with Crippen molar-refractivity contribution >= 4 is 52.2 Å². The summed E-state index contributed by atoms with van der Waals surface area (Å²) in [5, 5.41) is 0.486. The summed E-state index contributed by atoms with van der Waals surface area (Å²) in [5.74, 6) is -0.317. The van der Waals surface area contributed by atoms with E-state index in [4.69, 9.17) is 23.2 Å². The van der Waals surface area contributed by atoms with Crippen molar-refractivity contribution in [2.75, 3.05) is 0 Å². The Kier molecular flexibility index (Phi) is 4.99. The lowest BCUT2D eigenvalue weighted by atomic mass is 10.1. The summed E-state index contributed by atoms with van der Waals surface area (Å²) in [6, 6.07) is 12.9. The van der Waals surface area contributed by atoms with Crippen LogP contribution in [0.2, 0.25) is 10.0 Å². The molecule has 3 nitrogen and oxygen atoms in total. The highest BCUT2D eigenvalue weighted by Gasteiger charge is 2.35. The molecule has 0 N–H and O–H groups in total. The van der Waals surface area contributed by atoms with Gasteiger partial charge in [-0.15, -0.1) is 0 Å². The molecule has 2 aromatic carbocycles. The topological polar surface area (TPSA) is 37.4 Å². The summed E-state index contributed by atoms with van der Waals surface area (Å²) in [6.07, 6.45) is 1.61. The van der Waals surface area contributed by atoms with E-state index < -0.39 is 0 Å². The Morgan fingerprint density at radius 2 is 1.88 bits per heavy atom. The number of carbonyl (C=O) groups excluding carboxylic acids is 2. The van der Waals surface area contributed by atoms with Gasteiger partial charge in [0.15, 0.2) is 0 Å². The third-order valence-electron chi connectivity index (χ3n) is 3.56. The second kappa shape index (κ2) is 7.01. The van der Waals surface area contributed by atoms with Crippen molar-refractivity contribution in [3.05, 3.63) is 74.1 Å². The number of thioether (sulfide) groups is 1. The van der Waals surface area contributed by atoms with E-state index in [-0.39, 0.29) is 17.7 Å². The first-order chi connectivity index (χ1) is 11.5. The standard InChI is InChI=1S/C18H13Cl2NO2S/c1-11-4-2-5-12(8-11)10-21-17(22)15(24-18(21)23)9-13-6-3-7-14(19)16(13)20/h2-9H,10H2,1H3/b15-9-. The van der Waals surface area contributed by atoms with Gasteiger partial charge in [0.1, 0.15) is 0 Å². The van der Waals surface area contributed by atoms with Crippen molar-refractivity contribution in [3.8, 4) is 0 Å². The van der Waals surface area contributed by atoms with Crippen molar-refractivity contribution in [3.63, 3.8) is 0 Å². The molecule has 6 heteroatoms. The van der Waals surface area contributed by atoms with Gasteiger partial charge in [0.25, 0.3) is 11.1 Å². The zero-order valence-electron chi connectivity index (χ0n) is 12.8. The third kappa shape index (κ3) is 3.51. The molecule has 1 saturated heterocycles. The molecule has 2 amide bonds. The molecule has 1 fully saturated rings. The van der Waals surface area contributed by atoms with E-state index in [2.05, 4.69) is 0 Å². The molecule has 1 heterocycles. The number of imide groups is 1. The lowest BCUT2D eigenvalue weighted by Gasteiger charge is -2.12. The molecule has 0 spiro atoms. The first kappa shape index (κ1) is 17.1. The molecule has 0 aliphatic carbocycles. The SMILES string of the molecule is Cc1cccc(CN2C(=O)S/C(=C\c3cccc(Cl)c3Cl)C2=O)c1. The zero-order chi connectivity index (χ0) is 17.3. The van der Waals surface area contributed by atoms with Gasteiger partial charge in [-0.2, -0.15) is 0 Å². The summed E-state index contributed by atoms with van der Waals surface area (Å²) in [5.41, 5.74) is 2.62. The summed E-state index contributed by atoms with van der Waals surface area (Å²) in [4.78, 5) is 26.3. The number of amides is 2. The molecule has 0 bridgehead atoms. The number of hydrogen-bond acceptors (Lipinski definition) is 3. The molecule has 1 aliphatic rings. The van der Waals surface area contributed by atoms with Gasteiger partial charge in [0, 0.05) is 0 Å². The van der Waals surface area contributed by atoms with Crippen LogP contribution in [0.5, 0.6) is 0 Å². The number of carbonyl (C=O) groups is 2.